The van der Waals surface area contributed by atoms with Crippen molar-refractivity contribution >= 4 is 12.0 Å². The summed E-state index contributed by atoms with van der Waals surface area (Å²) in [6.07, 6.45) is 1.64. The van der Waals surface area contributed by atoms with Gasteiger partial charge in [-0.25, -0.2) is 4.79 Å². The molecular formula is C11H13NO2. The molecule has 1 N–H and O–H groups in total. The molecule has 0 fully saturated rings. The van der Waals surface area contributed by atoms with E-state index in [1.807, 2.05) is 30.3 Å². The molecule has 3 nitrogen and oxygen atoms in total. The molecule has 1 aromatic carbocycles. The van der Waals surface area contributed by atoms with Gasteiger partial charge in [-0.1, -0.05) is 30.3 Å². The fourth-order valence-electron chi connectivity index (χ4n) is 1.09. The average Bonchev–Trinajstić information content (AvgIpc) is 2.15. The zero-order valence-corrected chi connectivity index (χ0v) is 8.27. The highest BCUT2D eigenvalue weighted by molar-refractivity contribution is 5.91. The molecule has 0 aliphatic carbocycles. The number of carboxylic acid groups (broad SMARTS) is 1. The van der Waals surface area contributed by atoms with Crippen LogP contribution in [-0.4, -0.2) is 30.1 Å². The van der Waals surface area contributed by atoms with Gasteiger partial charge in [0.1, 0.15) is 5.70 Å². The Kier molecular flexibility index (Phi) is 3.29. The Balaban J connectivity index is 3.00. The van der Waals surface area contributed by atoms with Crippen LogP contribution in [-0.2, 0) is 4.79 Å². The van der Waals surface area contributed by atoms with Crippen molar-refractivity contribution in [1.29, 1.82) is 0 Å². The Hall–Kier alpha value is -1.77. The van der Waals surface area contributed by atoms with Crippen LogP contribution < -0.4 is 0 Å². The maximum absolute atomic E-state index is 10.8. The van der Waals surface area contributed by atoms with Gasteiger partial charge in [0, 0.05) is 14.1 Å². The Labute approximate surface area is 83.3 Å². The van der Waals surface area contributed by atoms with Crippen LogP contribution in [0.3, 0.4) is 0 Å². The van der Waals surface area contributed by atoms with Crippen LogP contribution in [0.15, 0.2) is 36.0 Å². The third-order valence-electron chi connectivity index (χ3n) is 1.80. The maximum Gasteiger partial charge on any atom is 0.352 e. The molecule has 1 aromatic rings. The highest BCUT2D eigenvalue weighted by atomic mass is 16.4. The summed E-state index contributed by atoms with van der Waals surface area (Å²) in [4.78, 5) is 12.4. The van der Waals surface area contributed by atoms with Crippen molar-refractivity contribution in [1.82, 2.24) is 4.90 Å². The maximum atomic E-state index is 10.8. The van der Waals surface area contributed by atoms with Crippen molar-refractivity contribution in [2.45, 2.75) is 0 Å². The monoisotopic (exact) mass is 191 g/mol. The van der Waals surface area contributed by atoms with Gasteiger partial charge in [-0.05, 0) is 11.6 Å². The van der Waals surface area contributed by atoms with E-state index in [0.29, 0.717) is 0 Å². The molecule has 0 amide bonds. The number of nitrogens with zero attached hydrogens (tertiary/aromatic N) is 1. The highest BCUT2D eigenvalue weighted by Gasteiger charge is 2.08. The number of benzene rings is 1. The normalized spacial score (nSPS) is 11.1. The van der Waals surface area contributed by atoms with Crippen LogP contribution in [0.5, 0.6) is 0 Å². The highest BCUT2D eigenvalue weighted by Crippen LogP contribution is 2.08. The summed E-state index contributed by atoms with van der Waals surface area (Å²) in [6.45, 7) is 0. The minimum absolute atomic E-state index is 0.274. The molecule has 0 heterocycles. The average molecular weight is 191 g/mol. The smallest absolute Gasteiger partial charge is 0.352 e. The first-order chi connectivity index (χ1) is 6.61. The summed E-state index contributed by atoms with van der Waals surface area (Å²) in [7, 11) is 3.42. The first-order valence-corrected chi connectivity index (χ1v) is 4.28. The molecular weight excluding hydrogens is 178 g/mol. The van der Waals surface area contributed by atoms with E-state index in [0.717, 1.165) is 5.56 Å². The third-order valence-corrected chi connectivity index (χ3v) is 1.80. The minimum atomic E-state index is -0.918. The molecule has 1 rings (SSSR count). The van der Waals surface area contributed by atoms with E-state index in [1.165, 1.54) is 0 Å². The predicted octanol–water partition coefficient (Wildman–Crippen LogP) is 1.67. The molecule has 0 aromatic heterocycles. The second kappa shape index (κ2) is 4.46. The van der Waals surface area contributed by atoms with E-state index in [2.05, 4.69) is 0 Å². The van der Waals surface area contributed by atoms with Crippen molar-refractivity contribution in [2.24, 2.45) is 0 Å². The van der Waals surface area contributed by atoms with Crippen LogP contribution in [0.1, 0.15) is 5.56 Å². The summed E-state index contributed by atoms with van der Waals surface area (Å²) in [5, 5.41) is 8.90. The summed E-state index contributed by atoms with van der Waals surface area (Å²) in [6, 6.07) is 9.38. The number of likely N-dealkylation sites (N-methyl/N-ethyl adjacent to an activating group) is 1. The van der Waals surface area contributed by atoms with E-state index in [9.17, 15) is 4.79 Å². The molecule has 0 saturated heterocycles. The van der Waals surface area contributed by atoms with Crippen LogP contribution in [0.4, 0.5) is 0 Å². The third kappa shape index (κ3) is 2.62. The lowest BCUT2D eigenvalue weighted by molar-refractivity contribution is -0.133. The van der Waals surface area contributed by atoms with Crippen LogP contribution in [0.2, 0.25) is 0 Å². The molecule has 0 spiro atoms. The van der Waals surface area contributed by atoms with Gasteiger partial charge in [-0.15, -0.1) is 0 Å². The van der Waals surface area contributed by atoms with Crippen LogP contribution in [0, 0.1) is 0 Å². The Morgan fingerprint density at radius 3 is 2.29 bits per heavy atom. The van der Waals surface area contributed by atoms with Gasteiger partial charge in [0.05, 0.1) is 0 Å². The van der Waals surface area contributed by atoms with Gasteiger partial charge in [-0.3, -0.25) is 0 Å². The number of hydrogen-bond donors (Lipinski definition) is 1. The van der Waals surface area contributed by atoms with E-state index >= 15 is 0 Å². The van der Waals surface area contributed by atoms with Crippen LogP contribution >= 0.6 is 0 Å². The molecule has 3 heteroatoms. The second-order valence-electron chi connectivity index (χ2n) is 3.14. The number of hydrogen-bond acceptors (Lipinski definition) is 2. The number of carboxylic acids is 1. The largest absolute Gasteiger partial charge is 0.477 e. The molecule has 0 aliphatic rings. The van der Waals surface area contributed by atoms with Gasteiger partial charge in [-0.2, -0.15) is 0 Å². The van der Waals surface area contributed by atoms with Gasteiger partial charge in [0.2, 0.25) is 0 Å². The molecule has 0 saturated carbocycles. The van der Waals surface area contributed by atoms with Gasteiger partial charge in [0.25, 0.3) is 0 Å². The first-order valence-electron chi connectivity index (χ1n) is 4.28. The van der Waals surface area contributed by atoms with Gasteiger partial charge < -0.3 is 10.0 Å². The summed E-state index contributed by atoms with van der Waals surface area (Å²) in [5.41, 5.74) is 1.16. The molecule has 0 atom stereocenters. The van der Waals surface area contributed by atoms with Crippen molar-refractivity contribution in [3.8, 4) is 0 Å². The van der Waals surface area contributed by atoms with Crippen molar-refractivity contribution < 1.29 is 9.90 Å². The summed E-state index contributed by atoms with van der Waals surface area (Å²) in [5.74, 6) is -0.918. The molecule has 0 unspecified atom stereocenters. The van der Waals surface area contributed by atoms with Gasteiger partial charge >= 0.3 is 5.97 Å². The Bertz CT molecular complexity index is 342. The van der Waals surface area contributed by atoms with E-state index < -0.39 is 5.97 Å². The standard InChI is InChI=1S/C11H13NO2/c1-12(2)10(11(13)14)8-9-6-4-3-5-7-9/h3-8H,1-2H3,(H,13,14). The molecule has 14 heavy (non-hydrogen) atoms. The van der Waals surface area contributed by atoms with Crippen molar-refractivity contribution in [2.75, 3.05) is 14.1 Å². The SMILES string of the molecule is CN(C)C(=Cc1ccccc1)C(=O)O. The molecule has 0 radical (unpaired) electrons. The molecule has 0 aliphatic heterocycles. The van der Waals surface area contributed by atoms with E-state index in [-0.39, 0.29) is 5.70 Å². The topological polar surface area (TPSA) is 40.5 Å². The second-order valence-corrected chi connectivity index (χ2v) is 3.14. The van der Waals surface area contributed by atoms with Crippen molar-refractivity contribution in [3.05, 3.63) is 41.6 Å². The quantitative estimate of drug-likeness (QED) is 0.739. The van der Waals surface area contributed by atoms with Gasteiger partial charge in [0.15, 0.2) is 0 Å². The lowest BCUT2D eigenvalue weighted by Gasteiger charge is -2.12. The summed E-state index contributed by atoms with van der Waals surface area (Å²) >= 11 is 0. The molecule has 74 valence electrons. The van der Waals surface area contributed by atoms with Crippen LogP contribution in [0.25, 0.3) is 6.08 Å². The fraction of sp³-hybridized carbons (Fsp3) is 0.182. The lowest BCUT2D eigenvalue weighted by Crippen LogP contribution is -2.18. The zero-order valence-electron chi connectivity index (χ0n) is 8.27. The van der Waals surface area contributed by atoms with E-state index in [4.69, 9.17) is 5.11 Å². The fourth-order valence-corrected chi connectivity index (χ4v) is 1.09. The zero-order chi connectivity index (χ0) is 10.6. The van der Waals surface area contributed by atoms with Crippen molar-refractivity contribution in [3.63, 3.8) is 0 Å². The minimum Gasteiger partial charge on any atom is -0.477 e. The first kappa shape index (κ1) is 10.3. The molecule has 0 bridgehead atoms. The van der Waals surface area contributed by atoms with E-state index in [1.54, 1.807) is 25.1 Å². The Morgan fingerprint density at radius 2 is 1.86 bits per heavy atom. The lowest BCUT2D eigenvalue weighted by atomic mass is 10.2. The number of carbonyl (C=O) groups is 1. The number of aliphatic carboxylic acids is 1. The number of rotatable bonds is 3. The Morgan fingerprint density at radius 1 is 1.29 bits per heavy atom. The summed E-state index contributed by atoms with van der Waals surface area (Å²) < 4.78 is 0. The predicted molar refractivity (Wildman–Crippen MR) is 55.7 cm³/mol.